The van der Waals surface area contributed by atoms with Crippen molar-refractivity contribution in [1.82, 2.24) is 9.88 Å². The number of H-pyrrole nitrogens is 1. The molecule has 1 atom stereocenters. The van der Waals surface area contributed by atoms with Crippen molar-refractivity contribution < 1.29 is 4.74 Å². The Morgan fingerprint density at radius 1 is 1.00 bits per heavy atom. The molecule has 1 fully saturated rings. The molecule has 1 N–H and O–H groups in total. The van der Waals surface area contributed by atoms with Crippen LogP contribution in [-0.4, -0.2) is 50.3 Å². The van der Waals surface area contributed by atoms with Gasteiger partial charge in [0.05, 0.1) is 19.3 Å². The van der Waals surface area contributed by atoms with E-state index in [9.17, 15) is 0 Å². The highest BCUT2D eigenvalue weighted by molar-refractivity contribution is 5.85. The lowest BCUT2D eigenvalue weighted by molar-refractivity contribution is 0.0241. The molecule has 2 aromatic carbocycles. The van der Waals surface area contributed by atoms with Crippen molar-refractivity contribution in [2.24, 2.45) is 0 Å². The van der Waals surface area contributed by atoms with Crippen LogP contribution in [0.1, 0.15) is 22.9 Å². The van der Waals surface area contributed by atoms with E-state index in [-0.39, 0.29) is 6.04 Å². The molecule has 3 aromatic rings. The number of rotatable bonds is 4. The van der Waals surface area contributed by atoms with Crippen LogP contribution in [0.25, 0.3) is 10.9 Å². The molecule has 1 aliphatic rings. The zero-order valence-corrected chi connectivity index (χ0v) is 15.8. The molecule has 0 bridgehead atoms. The van der Waals surface area contributed by atoms with Crippen LogP contribution in [0.4, 0.5) is 5.69 Å². The van der Waals surface area contributed by atoms with E-state index in [1.807, 2.05) is 0 Å². The minimum atomic E-state index is 0.242. The van der Waals surface area contributed by atoms with Gasteiger partial charge in [0, 0.05) is 55.0 Å². The summed E-state index contributed by atoms with van der Waals surface area (Å²) in [4.78, 5) is 8.28. The maximum Gasteiger partial charge on any atom is 0.0627 e. The van der Waals surface area contributed by atoms with E-state index in [4.69, 9.17) is 4.74 Å². The smallest absolute Gasteiger partial charge is 0.0627 e. The van der Waals surface area contributed by atoms with Crippen LogP contribution in [-0.2, 0) is 4.74 Å². The number of hydrogen-bond donors (Lipinski definition) is 1. The number of anilines is 1. The summed E-state index contributed by atoms with van der Waals surface area (Å²) < 4.78 is 5.62. The Morgan fingerprint density at radius 2 is 1.69 bits per heavy atom. The molecule has 2 heterocycles. The lowest BCUT2D eigenvalue weighted by atomic mass is 9.94. The van der Waals surface area contributed by atoms with Crippen LogP contribution < -0.4 is 4.90 Å². The van der Waals surface area contributed by atoms with Crippen LogP contribution in [0.3, 0.4) is 0 Å². The molecule has 4 heteroatoms. The van der Waals surface area contributed by atoms with Crippen molar-refractivity contribution in [3.05, 3.63) is 65.4 Å². The summed E-state index contributed by atoms with van der Waals surface area (Å²) in [5, 5.41) is 1.32. The van der Waals surface area contributed by atoms with Crippen molar-refractivity contribution in [3.8, 4) is 0 Å². The van der Waals surface area contributed by atoms with E-state index in [0.29, 0.717) is 0 Å². The van der Waals surface area contributed by atoms with Crippen molar-refractivity contribution in [2.45, 2.75) is 13.0 Å². The van der Waals surface area contributed by atoms with Gasteiger partial charge < -0.3 is 14.6 Å². The van der Waals surface area contributed by atoms with E-state index in [1.165, 1.54) is 33.4 Å². The Labute approximate surface area is 155 Å². The number of morpholine rings is 1. The number of aryl methyl sites for hydroxylation is 1. The van der Waals surface area contributed by atoms with E-state index in [0.717, 1.165) is 26.3 Å². The molecule has 1 saturated heterocycles. The Balaban J connectivity index is 1.83. The van der Waals surface area contributed by atoms with E-state index in [2.05, 4.69) is 84.3 Å². The second-order valence-corrected chi connectivity index (χ2v) is 7.25. The third-order valence-electron chi connectivity index (χ3n) is 5.35. The topological polar surface area (TPSA) is 31.5 Å². The monoisotopic (exact) mass is 349 g/mol. The molecule has 1 unspecified atom stereocenters. The number of benzene rings is 2. The van der Waals surface area contributed by atoms with Gasteiger partial charge in [-0.05, 0) is 30.7 Å². The Kier molecular flexibility index (Phi) is 4.70. The highest BCUT2D eigenvalue weighted by Crippen LogP contribution is 2.37. The summed E-state index contributed by atoms with van der Waals surface area (Å²) in [5.74, 6) is 0. The van der Waals surface area contributed by atoms with Gasteiger partial charge >= 0.3 is 0 Å². The van der Waals surface area contributed by atoms with Gasteiger partial charge in [-0.2, -0.15) is 0 Å². The maximum atomic E-state index is 5.62. The summed E-state index contributed by atoms with van der Waals surface area (Å²) in [6.07, 6.45) is 0. The SMILES string of the molecule is Cc1[nH]c2ccccc2c1C(c1ccc(N(C)C)cc1)N1CCOCC1. The number of fused-ring (bicyclic) bond motifs is 1. The van der Waals surface area contributed by atoms with Gasteiger partial charge in [0.1, 0.15) is 0 Å². The van der Waals surface area contributed by atoms with Crippen molar-refractivity contribution in [2.75, 3.05) is 45.3 Å². The first kappa shape index (κ1) is 17.1. The molecular formula is C22H27N3O. The van der Waals surface area contributed by atoms with Gasteiger partial charge in [-0.15, -0.1) is 0 Å². The number of nitrogens with one attached hydrogen (secondary N) is 1. The lowest BCUT2D eigenvalue weighted by Crippen LogP contribution is -2.39. The van der Waals surface area contributed by atoms with Gasteiger partial charge in [-0.25, -0.2) is 0 Å². The standard InChI is InChI=1S/C22H27N3O/c1-16-21(19-6-4-5-7-20(19)23-16)22(25-12-14-26-15-13-25)17-8-10-18(11-9-17)24(2)3/h4-11,22-23H,12-15H2,1-3H3. The minimum absolute atomic E-state index is 0.242. The predicted molar refractivity (Wildman–Crippen MR) is 108 cm³/mol. The minimum Gasteiger partial charge on any atom is -0.379 e. The average molecular weight is 349 g/mol. The summed E-state index contributed by atoms with van der Waals surface area (Å²) in [7, 11) is 4.16. The molecule has 0 aliphatic carbocycles. The second-order valence-electron chi connectivity index (χ2n) is 7.25. The molecule has 0 amide bonds. The number of aromatic amines is 1. The molecule has 0 spiro atoms. The Morgan fingerprint density at radius 3 is 2.38 bits per heavy atom. The maximum absolute atomic E-state index is 5.62. The van der Waals surface area contributed by atoms with E-state index < -0.39 is 0 Å². The van der Waals surface area contributed by atoms with Gasteiger partial charge in [-0.1, -0.05) is 30.3 Å². The number of hydrogen-bond acceptors (Lipinski definition) is 3. The number of ether oxygens (including phenoxy) is 1. The largest absolute Gasteiger partial charge is 0.379 e. The molecule has 136 valence electrons. The van der Waals surface area contributed by atoms with E-state index >= 15 is 0 Å². The van der Waals surface area contributed by atoms with Crippen molar-refractivity contribution in [3.63, 3.8) is 0 Å². The fourth-order valence-corrected chi connectivity index (χ4v) is 4.00. The average Bonchev–Trinajstić information content (AvgIpc) is 2.99. The second kappa shape index (κ2) is 7.14. The van der Waals surface area contributed by atoms with Crippen LogP contribution in [0, 0.1) is 6.92 Å². The summed E-state index contributed by atoms with van der Waals surface area (Å²) >= 11 is 0. The quantitative estimate of drug-likeness (QED) is 0.773. The number of aromatic nitrogens is 1. The molecule has 1 aliphatic heterocycles. The number of para-hydroxylation sites is 1. The summed E-state index contributed by atoms with van der Waals surface area (Å²) in [6.45, 7) is 5.70. The summed E-state index contributed by atoms with van der Waals surface area (Å²) in [5.41, 5.74) is 6.41. The molecule has 0 radical (unpaired) electrons. The van der Waals surface area contributed by atoms with Crippen LogP contribution in [0.2, 0.25) is 0 Å². The van der Waals surface area contributed by atoms with Crippen LogP contribution in [0.15, 0.2) is 48.5 Å². The van der Waals surface area contributed by atoms with Gasteiger partial charge in [0.25, 0.3) is 0 Å². The molecule has 4 nitrogen and oxygen atoms in total. The third kappa shape index (κ3) is 3.11. The highest BCUT2D eigenvalue weighted by atomic mass is 16.5. The zero-order chi connectivity index (χ0) is 18.1. The lowest BCUT2D eigenvalue weighted by Gasteiger charge is -2.35. The predicted octanol–water partition coefficient (Wildman–Crippen LogP) is 3.96. The molecule has 26 heavy (non-hydrogen) atoms. The summed E-state index contributed by atoms with van der Waals surface area (Å²) in [6, 6.07) is 17.8. The van der Waals surface area contributed by atoms with Crippen molar-refractivity contribution >= 4 is 16.6 Å². The molecule has 0 saturated carbocycles. The first-order valence-electron chi connectivity index (χ1n) is 9.31. The molecule has 4 rings (SSSR count). The Hall–Kier alpha value is -2.30. The van der Waals surface area contributed by atoms with E-state index in [1.54, 1.807) is 0 Å². The third-order valence-corrected chi connectivity index (χ3v) is 5.35. The van der Waals surface area contributed by atoms with Gasteiger partial charge in [0.15, 0.2) is 0 Å². The fourth-order valence-electron chi connectivity index (χ4n) is 4.00. The first-order chi connectivity index (χ1) is 12.6. The fraction of sp³-hybridized carbons (Fsp3) is 0.364. The normalized spacial score (nSPS) is 16.7. The Bertz CT molecular complexity index is 876. The van der Waals surface area contributed by atoms with Crippen molar-refractivity contribution in [1.29, 1.82) is 0 Å². The molecular weight excluding hydrogens is 322 g/mol. The van der Waals surface area contributed by atoms with Gasteiger partial charge in [-0.3, -0.25) is 4.90 Å². The van der Waals surface area contributed by atoms with Gasteiger partial charge in [0.2, 0.25) is 0 Å². The van der Waals surface area contributed by atoms with Crippen LogP contribution >= 0.6 is 0 Å². The highest BCUT2D eigenvalue weighted by Gasteiger charge is 2.28. The number of nitrogens with zero attached hydrogens (tertiary/aromatic N) is 2. The van der Waals surface area contributed by atoms with Crippen LogP contribution in [0.5, 0.6) is 0 Å². The first-order valence-corrected chi connectivity index (χ1v) is 9.31. The zero-order valence-electron chi connectivity index (χ0n) is 15.8. The molecule has 1 aromatic heterocycles.